The topological polar surface area (TPSA) is 59.8 Å². The van der Waals surface area contributed by atoms with Gasteiger partial charge in [-0.15, -0.1) is 5.10 Å². The predicted octanol–water partition coefficient (Wildman–Crippen LogP) is 3.75. The van der Waals surface area contributed by atoms with Gasteiger partial charge in [0.25, 0.3) is 5.91 Å². The first-order valence-electron chi connectivity index (χ1n) is 7.82. The first-order valence-corrected chi connectivity index (χ1v) is 7.82. The first kappa shape index (κ1) is 15.9. The molecule has 0 atom stereocenters. The molecule has 0 aliphatic carbocycles. The van der Waals surface area contributed by atoms with E-state index < -0.39 is 0 Å². The van der Waals surface area contributed by atoms with E-state index in [1.807, 2.05) is 64.1 Å². The van der Waals surface area contributed by atoms with Crippen LogP contribution in [-0.4, -0.2) is 20.9 Å². The van der Waals surface area contributed by atoms with Crippen molar-refractivity contribution < 1.29 is 4.79 Å². The summed E-state index contributed by atoms with van der Waals surface area (Å²) in [4.78, 5) is 12.5. The Morgan fingerprint density at radius 1 is 0.958 bits per heavy atom. The number of carbonyl (C=O) groups excluding carboxylic acids is 1. The van der Waals surface area contributed by atoms with E-state index in [0.717, 1.165) is 22.5 Å². The molecule has 3 aromatic rings. The Morgan fingerprint density at radius 2 is 1.58 bits per heavy atom. The Balaban J connectivity index is 1.83. The normalized spacial score (nSPS) is 10.7. The van der Waals surface area contributed by atoms with Crippen LogP contribution in [0.4, 0.5) is 5.69 Å². The van der Waals surface area contributed by atoms with E-state index >= 15 is 0 Å². The number of benzene rings is 2. The number of nitrogens with zero attached hydrogens (tertiary/aromatic N) is 3. The average molecular weight is 320 g/mol. The molecule has 1 N–H and O–H groups in total. The van der Waals surface area contributed by atoms with Crippen molar-refractivity contribution in [2.45, 2.75) is 27.7 Å². The minimum absolute atomic E-state index is 0.261. The lowest BCUT2D eigenvalue weighted by Gasteiger charge is -2.11. The van der Waals surface area contributed by atoms with Crippen molar-refractivity contribution in [3.05, 3.63) is 70.5 Å². The molecule has 0 saturated heterocycles. The smallest absolute Gasteiger partial charge is 0.277 e. The Labute approximate surface area is 141 Å². The summed E-state index contributed by atoms with van der Waals surface area (Å²) in [6.07, 6.45) is 1.64. The number of hydrogen-bond donors (Lipinski definition) is 1. The SMILES string of the molecule is Cc1ccc(-n2cc(C(=O)Nc3c(C)cc(C)cc3C)nn2)cc1. The van der Waals surface area contributed by atoms with E-state index in [1.54, 1.807) is 10.9 Å². The van der Waals surface area contributed by atoms with Crippen molar-refractivity contribution in [1.29, 1.82) is 0 Å². The molecule has 24 heavy (non-hydrogen) atoms. The number of hydrogen-bond acceptors (Lipinski definition) is 3. The molecule has 1 heterocycles. The highest BCUT2D eigenvalue weighted by Gasteiger charge is 2.14. The fourth-order valence-corrected chi connectivity index (χ4v) is 2.75. The number of aromatic nitrogens is 3. The zero-order valence-electron chi connectivity index (χ0n) is 14.3. The lowest BCUT2D eigenvalue weighted by molar-refractivity contribution is 0.102. The minimum atomic E-state index is -0.261. The van der Waals surface area contributed by atoms with Crippen LogP contribution in [0.1, 0.15) is 32.7 Å². The summed E-state index contributed by atoms with van der Waals surface area (Å²) in [5.74, 6) is -0.261. The van der Waals surface area contributed by atoms with Gasteiger partial charge in [-0.2, -0.15) is 0 Å². The van der Waals surface area contributed by atoms with Gasteiger partial charge in [-0.1, -0.05) is 40.6 Å². The van der Waals surface area contributed by atoms with Crippen LogP contribution in [0.15, 0.2) is 42.6 Å². The molecule has 0 aliphatic heterocycles. The van der Waals surface area contributed by atoms with Gasteiger partial charge in [0.15, 0.2) is 5.69 Å². The quantitative estimate of drug-likeness (QED) is 0.799. The Hall–Kier alpha value is -2.95. The molecule has 5 nitrogen and oxygen atoms in total. The van der Waals surface area contributed by atoms with Crippen molar-refractivity contribution in [2.24, 2.45) is 0 Å². The van der Waals surface area contributed by atoms with Gasteiger partial charge in [0.1, 0.15) is 0 Å². The van der Waals surface area contributed by atoms with Crippen molar-refractivity contribution >= 4 is 11.6 Å². The van der Waals surface area contributed by atoms with E-state index in [2.05, 4.69) is 15.6 Å². The molecule has 0 aliphatic rings. The van der Waals surface area contributed by atoms with Crippen LogP contribution >= 0.6 is 0 Å². The van der Waals surface area contributed by atoms with Crippen LogP contribution in [0.3, 0.4) is 0 Å². The maximum Gasteiger partial charge on any atom is 0.277 e. The molecule has 3 rings (SSSR count). The van der Waals surface area contributed by atoms with Crippen molar-refractivity contribution in [3.8, 4) is 5.69 Å². The third-order valence-electron chi connectivity index (χ3n) is 3.94. The number of anilines is 1. The van der Waals surface area contributed by atoms with Crippen LogP contribution in [0, 0.1) is 27.7 Å². The van der Waals surface area contributed by atoms with Crippen LogP contribution in [0.5, 0.6) is 0 Å². The molecule has 0 saturated carbocycles. The molecule has 122 valence electrons. The van der Waals surface area contributed by atoms with Crippen molar-refractivity contribution in [2.75, 3.05) is 5.32 Å². The van der Waals surface area contributed by atoms with Gasteiger partial charge in [0.05, 0.1) is 11.9 Å². The highest BCUT2D eigenvalue weighted by atomic mass is 16.2. The number of nitrogens with one attached hydrogen (secondary N) is 1. The first-order chi connectivity index (χ1) is 11.4. The Kier molecular flexibility index (Phi) is 4.16. The second-order valence-electron chi connectivity index (χ2n) is 6.11. The molecule has 5 heteroatoms. The molecule has 2 aromatic carbocycles. The number of carbonyl (C=O) groups is 1. The fraction of sp³-hybridized carbons (Fsp3) is 0.211. The van der Waals surface area contributed by atoms with E-state index in [0.29, 0.717) is 0 Å². The minimum Gasteiger partial charge on any atom is -0.320 e. The highest BCUT2D eigenvalue weighted by molar-refractivity contribution is 6.03. The fourth-order valence-electron chi connectivity index (χ4n) is 2.75. The van der Waals surface area contributed by atoms with Gasteiger partial charge in [-0.05, 0) is 51.0 Å². The molecular weight excluding hydrogens is 300 g/mol. The molecule has 0 bridgehead atoms. The second-order valence-corrected chi connectivity index (χ2v) is 6.11. The maximum absolute atomic E-state index is 12.5. The monoisotopic (exact) mass is 320 g/mol. The molecule has 0 unspecified atom stereocenters. The van der Waals surface area contributed by atoms with Crippen molar-refractivity contribution in [3.63, 3.8) is 0 Å². The van der Waals surface area contributed by atoms with E-state index in [1.165, 1.54) is 11.1 Å². The van der Waals surface area contributed by atoms with Gasteiger partial charge in [0.2, 0.25) is 0 Å². The second kappa shape index (κ2) is 6.28. The molecule has 1 amide bonds. The third kappa shape index (κ3) is 3.20. The molecule has 0 radical (unpaired) electrons. The predicted molar refractivity (Wildman–Crippen MR) is 94.7 cm³/mol. The standard InChI is InChI=1S/C19H20N4O/c1-12-5-7-16(8-6-12)23-11-17(21-22-23)19(24)20-18-14(3)9-13(2)10-15(18)4/h5-11H,1-4H3,(H,20,24). The molecule has 1 aromatic heterocycles. The molecular formula is C19H20N4O. The maximum atomic E-state index is 12.5. The van der Waals surface area contributed by atoms with Gasteiger partial charge in [-0.25, -0.2) is 4.68 Å². The highest BCUT2D eigenvalue weighted by Crippen LogP contribution is 2.22. The van der Waals surface area contributed by atoms with Crippen LogP contribution < -0.4 is 5.32 Å². The number of aryl methyl sites for hydroxylation is 4. The Morgan fingerprint density at radius 3 is 2.21 bits per heavy atom. The van der Waals surface area contributed by atoms with Crippen LogP contribution in [0.25, 0.3) is 5.69 Å². The number of amides is 1. The summed E-state index contributed by atoms with van der Waals surface area (Å²) >= 11 is 0. The van der Waals surface area contributed by atoms with Crippen molar-refractivity contribution in [1.82, 2.24) is 15.0 Å². The largest absolute Gasteiger partial charge is 0.320 e. The van der Waals surface area contributed by atoms with Gasteiger partial charge in [0, 0.05) is 5.69 Å². The average Bonchev–Trinajstić information content (AvgIpc) is 3.01. The summed E-state index contributed by atoms with van der Waals surface area (Å²) in [5.41, 5.74) is 6.40. The zero-order valence-corrected chi connectivity index (χ0v) is 14.3. The summed E-state index contributed by atoms with van der Waals surface area (Å²) in [6.45, 7) is 8.03. The summed E-state index contributed by atoms with van der Waals surface area (Å²) < 4.78 is 1.60. The van der Waals surface area contributed by atoms with Gasteiger partial charge in [-0.3, -0.25) is 4.79 Å². The lowest BCUT2D eigenvalue weighted by atomic mass is 10.1. The van der Waals surface area contributed by atoms with Gasteiger partial charge < -0.3 is 5.32 Å². The van der Waals surface area contributed by atoms with E-state index in [4.69, 9.17) is 0 Å². The van der Waals surface area contributed by atoms with Crippen LogP contribution in [0.2, 0.25) is 0 Å². The van der Waals surface area contributed by atoms with Crippen LogP contribution in [-0.2, 0) is 0 Å². The summed E-state index contributed by atoms with van der Waals surface area (Å²) in [6, 6.07) is 12.0. The van der Waals surface area contributed by atoms with Gasteiger partial charge >= 0.3 is 0 Å². The Bertz CT molecular complexity index is 871. The summed E-state index contributed by atoms with van der Waals surface area (Å²) in [7, 11) is 0. The van der Waals surface area contributed by atoms with E-state index in [-0.39, 0.29) is 11.6 Å². The zero-order chi connectivity index (χ0) is 17.3. The number of rotatable bonds is 3. The lowest BCUT2D eigenvalue weighted by Crippen LogP contribution is -2.14. The van der Waals surface area contributed by atoms with E-state index in [9.17, 15) is 4.79 Å². The molecule has 0 spiro atoms. The third-order valence-corrected chi connectivity index (χ3v) is 3.94. The molecule has 0 fully saturated rings. The summed E-state index contributed by atoms with van der Waals surface area (Å²) in [5, 5.41) is 11.0.